The van der Waals surface area contributed by atoms with Crippen LogP contribution in [0.4, 0.5) is 5.69 Å². The van der Waals surface area contributed by atoms with Crippen molar-refractivity contribution < 1.29 is 9.59 Å². The molecule has 1 heterocycles. The lowest BCUT2D eigenvalue weighted by atomic mass is 10.0. The van der Waals surface area contributed by atoms with E-state index in [9.17, 15) is 9.59 Å². The highest BCUT2D eigenvalue weighted by molar-refractivity contribution is 5.98. The lowest BCUT2D eigenvalue weighted by Crippen LogP contribution is -2.32. The second-order valence-electron chi connectivity index (χ2n) is 5.43. The third-order valence-electron chi connectivity index (χ3n) is 3.87. The van der Waals surface area contributed by atoms with Gasteiger partial charge in [0, 0.05) is 22.4 Å². The molecule has 0 atom stereocenters. The molecule has 0 fully saturated rings. The summed E-state index contributed by atoms with van der Waals surface area (Å²) in [7, 11) is 0. The maximum atomic E-state index is 12.7. The van der Waals surface area contributed by atoms with Gasteiger partial charge in [-0.25, -0.2) is 4.79 Å². The van der Waals surface area contributed by atoms with E-state index in [-0.39, 0.29) is 18.7 Å². The van der Waals surface area contributed by atoms with Crippen molar-refractivity contribution in [2.75, 3.05) is 4.90 Å². The molecular formula is C20H15N2O2+. The quantitative estimate of drug-likeness (QED) is 0.816. The van der Waals surface area contributed by atoms with E-state index in [1.165, 1.54) is 0 Å². The van der Waals surface area contributed by atoms with Crippen LogP contribution in [0.3, 0.4) is 0 Å². The number of carbonyl (C=O) groups is 2. The third kappa shape index (κ3) is 3.19. The van der Waals surface area contributed by atoms with Gasteiger partial charge < -0.3 is 4.90 Å². The number of benzene rings is 2. The largest absolute Gasteiger partial charge is 0.515 e. The molecule has 2 aromatic carbocycles. The van der Waals surface area contributed by atoms with Crippen molar-refractivity contribution in [2.24, 2.45) is 0 Å². The minimum atomic E-state index is -0.483. The predicted molar refractivity (Wildman–Crippen MR) is 92.6 cm³/mol. The summed E-state index contributed by atoms with van der Waals surface area (Å²) < 4.78 is 0. The van der Waals surface area contributed by atoms with Crippen LogP contribution in [0.25, 0.3) is 4.85 Å². The first-order chi connectivity index (χ1) is 11.7. The summed E-state index contributed by atoms with van der Waals surface area (Å²) in [6.45, 7) is 5.37. The third-order valence-corrected chi connectivity index (χ3v) is 3.87. The molecule has 2 amide bonds. The van der Waals surface area contributed by atoms with E-state index in [0.29, 0.717) is 6.54 Å². The van der Waals surface area contributed by atoms with Crippen LogP contribution in [0.5, 0.6) is 0 Å². The molecule has 0 radical (unpaired) electrons. The Hall–Kier alpha value is -3.37. The molecule has 0 saturated heterocycles. The Morgan fingerprint density at radius 3 is 2.46 bits per heavy atom. The molecule has 0 aromatic heterocycles. The molecule has 0 N–H and O–H groups in total. The number of anilines is 1. The Bertz CT molecular complexity index is 913. The Labute approximate surface area is 140 Å². The lowest BCUT2D eigenvalue weighted by molar-refractivity contribution is -0.122. The van der Waals surface area contributed by atoms with Gasteiger partial charge >= 0.3 is 5.91 Å². The molecule has 0 saturated carbocycles. The van der Waals surface area contributed by atoms with Crippen LogP contribution in [-0.4, -0.2) is 11.8 Å². The number of fused-ring (bicyclic) bond motifs is 2. The fraction of sp³-hybridized carbons (Fsp3) is 0.150. The van der Waals surface area contributed by atoms with E-state index < -0.39 is 5.91 Å². The molecule has 4 nitrogen and oxygen atoms in total. The summed E-state index contributed by atoms with van der Waals surface area (Å²) in [5.41, 5.74) is 3.41. The highest BCUT2D eigenvalue weighted by Gasteiger charge is 2.23. The lowest BCUT2D eigenvalue weighted by Gasteiger charge is -2.25. The Morgan fingerprint density at radius 1 is 1.00 bits per heavy atom. The molecule has 2 aromatic rings. The monoisotopic (exact) mass is 315 g/mol. The van der Waals surface area contributed by atoms with E-state index in [1.54, 1.807) is 4.90 Å². The molecule has 0 spiro atoms. The molecule has 4 heteroatoms. The number of amides is 2. The highest BCUT2D eigenvalue weighted by Crippen LogP contribution is 2.26. The van der Waals surface area contributed by atoms with E-state index in [0.717, 1.165) is 22.4 Å². The maximum Gasteiger partial charge on any atom is 0.515 e. The zero-order valence-electron chi connectivity index (χ0n) is 13.0. The van der Waals surface area contributed by atoms with Crippen molar-refractivity contribution in [3.63, 3.8) is 0 Å². The number of rotatable bonds is 3. The van der Waals surface area contributed by atoms with Crippen molar-refractivity contribution in [1.29, 1.82) is 0 Å². The first-order valence-electron chi connectivity index (χ1n) is 7.62. The molecule has 0 aliphatic carbocycles. The standard InChI is InChI=1S/C20H15N2O2/c1-21-19(23)12-13-20(24)22-14-17-8-3-2-6-15(17)10-11-16-7-4-5-9-18(16)22/h1-9H,12-14H2/q+1. The van der Waals surface area contributed by atoms with Crippen molar-refractivity contribution in [1.82, 2.24) is 0 Å². The van der Waals surface area contributed by atoms with Crippen LogP contribution in [0.1, 0.15) is 29.5 Å². The topological polar surface area (TPSA) is 41.7 Å². The number of hydrogen-bond donors (Lipinski definition) is 0. The van der Waals surface area contributed by atoms with Crippen molar-refractivity contribution >= 4 is 17.5 Å². The highest BCUT2D eigenvalue weighted by atomic mass is 16.2. The van der Waals surface area contributed by atoms with Crippen LogP contribution in [-0.2, 0) is 16.1 Å². The fourth-order valence-electron chi connectivity index (χ4n) is 2.62. The second-order valence-corrected chi connectivity index (χ2v) is 5.43. The summed E-state index contributed by atoms with van der Waals surface area (Å²) in [4.78, 5) is 28.7. The van der Waals surface area contributed by atoms with Crippen LogP contribution in [0.2, 0.25) is 0 Å². The summed E-state index contributed by atoms with van der Waals surface area (Å²) in [6, 6.07) is 15.3. The van der Waals surface area contributed by atoms with Gasteiger partial charge in [-0.05, 0) is 23.8 Å². The van der Waals surface area contributed by atoms with Gasteiger partial charge in [-0.1, -0.05) is 42.2 Å². The van der Waals surface area contributed by atoms with Crippen LogP contribution >= 0.6 is 0 Å². The van der Waals surface area contributed by atoms with Crippen molar-refractivity contribution in [3.05, 3.63) is 70.1 Å². The number of nitrogens with zero attached hydrogens (tertiary/aromatic N) is 2. The van der Waals surface area contributed by atoms with Crippen LogP contribution < -0.4 is 4.90 Å². The number of para-hydroxylation sites is 1. The SMILES string of the molecule is C#[N+]C(=O)CCC(=O)N1Cc2ccccc2C#Cc2ccccc21. The van der Waals surface area contributed by atoms with E-state index >= 15 is 0 Å². The first kappa shape index (κ1) is 15.5. The van der Waals surface area contributed by atoms with E-state index in [4.69, 9.17) is 6.57 Å². The maximum absolute atomic E-state index is 12.7. The summed E-state index contributed by atoms with van der Waals surface area (Å²) in [5.74, 6) is 5.66. The molecule has 1 aliphatic heterocycles. The van der Waals surface area contributed by atoms with Crippen LogP contribution in [0.15, 0.2) is 48.5 Å². The average Bonchev–Trinajstić information content (AvgIpc) is 2.61. The zero-order chi connectivity index (χ0) is 16.9. The predicted octanol–water partition coefficient (Wildman–Crippen LogP) is 3.20. The molecule has 0 bridgehead atoms. The minimum Gasteiger partial charge on any atom is -0.307 e. The molecule has 1 aliphatic rings. The van der Waals surface area contributed by atoms with Gasteiger partial charge in [0.25, 0.3) is 6.57 Å². The molecule has 24 heavy (non-hydrogen) atoms. The van der Waals surface area contributed by atoms with Gasteiger partial charge in [0.1, 0.15) is 6.42 Å². The molecule has 116 valence electrons. The van der Waals surface area contributed by atoms with Gasteiger partial charge in [0.2, 0.25) is 5.91 Å². The summed E-state index contributed by atoms with van der Waals surface area (Å²) >= 11 is 0. The number of hydrogen-bond acceptors (Lipinski definition) is 2. The summed E-state index contributed by atoms with van der Waals surface area (Å²) in [5, 5.41) is 0. The van der Waals surface area contributed by atoms with E-state index in [2.05, 4.69) is 16.7 Å². The van der Waals surface area contributed by atoms with Crippen molar-refractivity contribution in [2.45, 2.75) is 19.4 Å². The van der Waals surface area contributed by atoms with Gasteiger partial charge in [-0.2, -0.15) is 0 Å². The molecular weight excluding hydrogens is 300 g/mol. The van der Waals surface area contributed by atoms with Crippen molar-refractivity contribution in [3.8, 4) is 18.4 Å². The smallest absolute Gasteiger partial charge is 0.307 e. The Morgan fingerprint density at radius 2 is 1.67 bits per heavy atom. The van der Waals surface area contributed by atoms with Gasteiger partial charge in [0.15, 0.2) is 0 Å². The first-order valence-corrected chi connectivity index (χ1v) is 7.62. The Balaban J connectivity index is 2.00. The number of carbonyl (C=O) groups excluding carboxylic acids is 2. The van der Waals surface area contributed by atoms with E-state index in [1.807, 2.05) is 48.5 Å². The van der Waals surface area contributed by atoms with Gasteiger partial charge in [0.05, 0.1) is 12.2 Å². The average molecular weight is 315 g/mol. The molecule has 0 unspecified atom stereocenters. The fourth-order valence-corrected chi connectivity index (χ4v) is 2.62. The second kappa shape index (κ2) is 6.81. The summed E-state index contributed by atoms with van der Waals surface area (Å²) in [6.07, 6.45) is 0.0603. The molecule has 3 rings (SSSR count). The zero-order valence-corrected chi connectivity index (χ0v) is 13.0. The normalized spacial score (nSPS) is 11.7. The van der Waals surface area contributed by atoms with Crippen LogP contribution in [0, 0.1) is 18.4 Å². The van der Waals surface area contributed by atoms with Gasteiger partial charge in [-0.15, -0.1) is 0 Å². The Kier molecular flexibility index (Phi) is 4.40. The minimum absolute atomic E-state index is 0.00132. The van der Waals surface area contributed by atoms with Gasteiger partial charge in [-0.3, -0.25) is 4.79 Å².